The van der Waals surface area contributed by atoms with Gasteiger partial charge in [0.25, 0.3) is 0 Å². The van der Waals surface area contributed by atoms with Gasteiger partial charge in [-0.1, -0.05) is 30.3 Å². The number of nitrogens with one attached hydrogen (secondary N) is 1. The molecule has 22 heavy (non-hydrogen) atoms. The van der Waals surface area contributed by atoms with Crippen molar-refractivity contribution in [3.8, 4) is 0 Å². The van der Waals surface area contributed by atoms with Crippen molar-refractivity contribution in [2.75, 3.05) is 25.1 Å². The van der Waals surface area contributed by atoms with E-state index in [1.165, 1.54) is 5.56 Å². The van der Waals surface area contributed by atoms with Crippen LogP contribution in [0.25, 0.3) is 0 Å². The second kappa shape index (κ2) is 5.57. The second-order valence-corrected chi connectivity index (χ2v) is 8.70. The van der Waals surface area contributed by atoms with Gasteiger partial charge in [-0.05, 0) is 24.8 Å². The quantitative estimate of drug-likeness (QED) is 0.914. The molecular weight excluding hydrogens is 300 g/mol. The lowest BCUT2D eigenvalue weighted by atomic mass is 9.96. The van der Waals surface area contributed by atoms with Gasteiger partial charge in [0.15, 0.2) is 9.84 Å². The Balaban J connectivity index is 1.57. The minimum Gasteiger partial charge on any atom is -0.337 e. The molecule has 1 N–H and O–H groups in total. The van der Waals surface area contributed by atoms with Crippen molar-refractivity contribution in [2.24, 2.45) is 0 Å². The van der Waals surface area contributed by atoms with Crippen LogP contribution in [-0.4, -0.2) is 50.5 Å². The smallest absolute Gasteiger partial charge is 0.317 e. The summed E-state index contributed by atoms with van der Waals surface area (Å²) in [7, 11) is -1.29. The molecule has 1 saturated carbocycles. The average Bonchev–Trinajstić information content (AvgIpc) is 3.22. The number of hydrogen-bond acceptors (Lipinski definition) is 3. The second-order valence-electron chi connectivity index (χ2n) is 6.47. The van der Waals surface area contributed by atoms with Gasteiger partial charge in [0, 0.05) is 25.0 Å². The molecule has 5 nitrogen and oxygen atoms in total. The molecule has 0 aromatic heterocycles. The maximum atomic E-state index is 12.3. The Labute approximate surface area is 131 Å². The molecule has 1 saturated heterocycles. The monoisotopic (exact) mass is 322 g/mol. The van der Waals surface area contributed by atoms with Crippen LogP contribution in [-0.2, 0) is 15.3 Å². The third kappa shape index (κ3) is 3.11. The van der Waals surface area contributed by atoms with Crippen LogP contribution in [0.15, 0.2) is 30.3 Å². The fraction of sp³-hybridized carbons (Fsp3) is 0.562. The third-order valence-corrected chi connectivity index (χ3v) is 6.64. The van der Waals surface area contributed by atoms with Crippen LogP contribution >= 0.6 is 0 Å². The number of carbonyl (C=O) groups is 1. The van der Waals surface area contributed by atoms with Crippen LogP contribution in [0.5, 0.6) is 0 Å². The van der Waals surface area contributed by atoms with E-state index in [2.05, 4.69) is 17.4 Å². The number of urea groups is 1. The van der Waals surface area contributed by atoms with E-state index < -0.39 is 9.84 Å². The molecular formula is C16H22N2O3S. The Hall–Kier alpha value is -1.56. The van der Waals surface area contributed by atoms with E-state index in [9.17, 15) is 13.2 Å². The van der Waals surface area contributed by atoms with Crippen molar-refractivity contribution in [3.63, 3.8) is 0 Å². The molecule has 3 rings (SSSR count). The molecule has 0 radical (unpaired) electrons. The van der Waals surface area contributed by atoms with Gasteiger partial charge in [-0.3, -0.25) is 0 Å². The Morgan fingerprint density at radius 3 is 2.55 bits per heavy atom. The molecule has 1 unspecified atom stereocenters. The van der Waals surface area contributed by atoms with Crippen molar-refractivity contribution in [3.05, 3.63) is 35.9 Å². The van der Waals surface area contributed by atoms with Crippen LogP contribution in [0.4, 0.5) is 4.79 Å². The topological polar surface area (TPSA) is 66.5 Å². The SMILES string of the molecule is CN(C(=O)NCC1(c2ccccc2)CC1)C1CCS(=O)(=O)C1. The lowest BCUT2D eigenvalue weighted by Gasteiger charge is -2.25. The Bertz CT molecular complexity index is 653. The summed E-state index contributed by atoms with van der Waals surface area (Å²) in [4.78, 5) is 13.8. The predicted molar refractivity (Wildman–Crippen MR) is 85.6 cm³/mol. The maximum Gasteiger partial charge on any atom is 0.317 e. The molecule has 1 aromatic carbocycles. The van der Waals surface area contributed by atoms with Gasteiger partial charge in [0.1, 0.15) is 0 Å². The zero-order chi connectivity index (χ0) is 15.8. The number of sulfone groups is 1. The van der Waals surface area contributed by atoms with Crippen molar-refractivity contribution >= 4 is 15.9 Å². The molecule has 1 atom stereocenters. The molecule has 6 heteroatoms. The minimum absolute atomic E-state index is 0.0690. The number of hydrogen-bond donors (Lipinski definition) is 1. The lowest BCUT2D eigenvalue weighted by molar-refractivity contribution is 0.194. The van der Waals surface area contributed by atoms with Gasteiger partial charge in [-0.2, -0.15) is 0 Å². The van der Waals surface area contributed by atoms with Gasteiger partial charge < -0.3 is 10.2 Å². The summed E-state index contributed by atoms with van der Waals surface area (Å²) in [6.07, 6.45) is 2.70. The van der Waals surface area contributed by atoms with Crippen LogP contribution in [0.2, 0.25) is 0 Å². The first-order valence-corrected chi connectivity index (χ1v) is 9.51. The molecule has 0 bridgehead atoms. The number of nitrogens with zero attached hydrogens (tertiary/aromatic N) is 1. The molecule has 2 amide bonds. The summed E-state index contributed by atoms with van der Waals surface area (Å²) in [5.74, 6) is 0.268. The van der Waals surface area contributed by atoms with E-state index in [1.807, 2.05) is 18.2 Å². The maximum absolute atomic E-state index is 12.3. The molecule has 0 spiro atoms. The van der Waals surface area contributed by atoms with Crippen LogP contribution < -0.4 is 5.32 Å². The molecule has 2 aliphatic rings. The largest absolute Gasteiger partial charge is 0.337 e. The first kappa shape index (κ1) is 15.3. The van der Waals surface area contributed by atoms with E-state index in [4.69, 9.17) is 0 Å². The summed E-state index contributed by atoms with van der Waals surface area (Å²) < 4.78 is 23.0. The van der Waals surface area contributed by atoms with Crippen molar-refractivity contribution < 1.29 is 13.2 Å². The normalized spacial score (nSPS) is 24.7. The Morgan fingerprint density at radius 1 is 1.32 bits per heavy atom. The summed E-state index contributed by atoms with van der Waals surface area (Å²) in [5.41, 5.74) is 1.33. The lowest BCUT2D eigenvalue weighted by Crippen LogP contribution is -2.46. The zero-order valence-corrected chi connectivity index (χ0v) is 13.6. The fourth-order valence-corrected chi connectivity index (χ4v) is 4.90. The number of amides is 2. The van der Waals surface area contributed by atoms with E-state index in [0.717, 1.165) is 12.8 Å². The van der Waals surface area contributed by atoms with E-state index in [1.54, 1.807) is 11.9 Å². The van der Waals surface area contributed by atoms with Crippen LogP contribution in [0, 0.1) is 0 Å². The predicted octanol–water partition coefficient (Wildman–Crippen LogP) is 1.55. The highest BCUT2D eigenvalue weighted by molar-refractivity contribution is 7.91. The average molecular weight is 322 g/mol. The first-order chi connectivity index (χ1) is 10.4. The zero-order valence-electron chi connectivity index (χ0n) is 12.8. The molecule has 120 valence electrons. The van der Waals surface area contributed by atoms with Crippen LogP contribution in [0.1, 0.15) is 24.8 Å². The highest BCUT2D eigenvalue weighted by atomic mass is 32.2. The summed E-state index contributed by atoms with van der Waals surface area (Å²) in [6, 6.07) is 9.87. The Morgan fingerprint density at radius 2 is 2.00 bits per heavy atom. The fourth-order valence-electron chi connectivity index (χ4n) is 3.13. The van der Waals surface area contributed by atoms with Gasteiger partial charge in [0.05, 0.1) is 11.5 Å². The highest BCUT2D eigenvalue weighted by Crippen LogP contribution is 2.47. The third-order valence-electron chi connectivity index (χ3n) is 4.89. The molecule has 2 fully saturated rings. The number of rotatable bonds is 4. The van der Waals surface area contributed by atoms with Gasteiger partial charge in [-0.15, -0.1) is 0 Å². The number of benzene rings is 1. The first-order valence-electron chi connectivity index (χ1n) is 7.69. The van der Waals surface area contributed by atoms with Crippen molar-refractivity contribution in [1.29, 1.82) is 0 Å². The summed E-state index contributed by atoms with van der Waals surface area (Å²) in [5, 5.41) is 2.98. The highest BCUT2D eigenvalue weighted by Gasteiger charge is 2.44. The summed E-state index contributed by atoms with van der Waals surface area (Å²) in [6.45, 7) is 0.611. The molecule has 1 aliphatic carbocycles. The molecule has 1 aromatic rings. The van der Waals surface area contributed by atoms with E-state index in [-0.39, 0.29) is 29.0 Å². The molecule has 1 heterocycles. The van der Waals surface area contributed by atoms with Crippen molar-refractivity contribution in [1.82, 2.24) is 10.2 Å². The van der Waals surface area contributed by atoms with Gasteiger partial charge >= 0.3 is 6.03 Å². The summed E-state index contributed by atoms with van der Waals surface area (Å²) >= 11 is 0. The number of carbonyl (C=O) groups excluding carboxylic acids is 1. The molecule has 1 aliphatic heterocycles. The standard InChI is InChI=1S/C16H22N2O3S/c1-18(14-7-10-22(20,21)11-14)15(19)17-12-16(8-9-16)13-5-3-2-4-6-13/h2-6,14H,7-12H2,1H3,(H,17,19). The minimum atomic E-state index is -2.97. The van der Waals surface area contributed by atoms with E-state index in [0.29, 0.717) is 13.0 Å². The van der Waals surface area contributed by atoms with Gasteiger partial charge in [-0.25, -0.2) is 13.2 Å². The van der Waals surface area contributed by atoms with E-state index >= 15 is 0 Å². The van der Waals surface area contributed by atoms with Gasteiger partial charge in [0.2, 0.25) is 0 Å². The van der Waals surface area contributed by atoms with Crippen LogP contribution in [0.3, 0.4) is 0 Å². The van der Waals surface area contributed by atoms with Crippen molar-refractivity contribution in [2.45, 2.75) is 30.7 Å². The Kier molecular flexibility index (Phi) is 3.89.